The molecule has 3 heterocycles. The van der Waals surface area contributed by atoms with Crippen molar-refractivity contribution in [3.8, 4) is 10.7 Å². The van der Waals surface area contributed by atoms with E-state index in [1.54, 1.807) is 17.5 Å². The maximum absolute atomic E-state index is 4.42. The van der Waals surface area contributed by atoms with Crippen molar-refractivity contribution in [3.05, 3.63) is 59.5 Å². The topological polar surface area (TPSA) is 62.7 Å². The largest absolute Gasteiger partial charge is 0.383 e. The van der Waals surface area contributed by atoms with E-state index in [0.29, 0.717) is 0 Å². The van der Waals surface area contributed by atoms with Gasteiger partial charge in [0.15, 0.2) is 5.82 Å². The Kier molecular flexibility index (Phi) is 5.29. The summed E-state index contributed by atoms with van der Waals surface area (Å²) in [5.41, 5.74) is 3.38. The summed E-state index contributed by atoms with van der Waals surface area (Å²) in [6.07, 6.45) is 7.43. The average Bonchev–Trinajstić information content (AvgIpc) is 3.11. The van der Waals surface area contributed by atoms with Crippen LogP contribution < -0.4 is 10.6 Å². The Morgan fingerprint density at radius 2 is 1.96 bits per heavy atom. The molecule has 5 nitrogen and oxygen atoms in total. The lowest BCUT2D eigenvalue weighted by Gasteiger charge is -2.09. The molecule has 3 aromatic rings. The van der Waals surface area contributed by atoms with Gasteiger partial charge in [0.25, 0.3) is 0 Å². The van der Waals surface area contributed by atoms with Crippen LogP contribution in [0.15, 0.2) is 48.4 Å². The Morgan fingerprint density at radius 1 is 1.09 bits per heavy atom. The minimum Gasteiger partial charge on any atom is -0.383 e. The highest BCUT2D eigenvalue weighted by Gasteiger charge is 2.02. The van der Waals surface area contributed by atoms with Gasteiger partial charge in [0.2, 0.25) is 0 Å². The number of hydrogen-bond acceptors (Lipinski definition) is 6. The molecule has 0 atom stereocenters. The number of aryl methyl sites for hydroxylation is 1. The predicted octanol–water partition coefficient (Wildman–Crippen LogP) is 3.11. The minimum absolute atomic E-state index is 0.766. The van der Waals surface area contributed by atoms with Crippen molar-refractivity contribution < 1.29 is 0 Å². The third kappa shape index (κ3) is 4.34. The van der Waals surface area contributed by atoms with Crippen molar-refractivity contribution in [1.82, 2.24) is 20.3 Å². The third-order valence-corrected chi connectivity index (χ3v) is 4.28. The molecule has 0 saturated carbocycles. The Morgan fingerprint density at radius 3 is 2.70 bits per heavy atom. The fraction of sp³-hybridized carbons (Fsp3) is 0.235. The fourth-order valence-electron chi connectivity index (χ4n) is 2.17. The molecule has 0 amide bonds. The van der Waals surface area contributed by atoms with E-state index in [-0.39, 0.29) is 0 Å². The van der Waals surface area contributed by atoms with Crippen LogP contribution in [0.3, 0.4) is 0 Å². The number of anilines is 1. The normalized spacial score (nSPS) is 10.7. The van der Waals surface area contributed by atoms with Gasteiger partial charge in [-0.15, -0.1) is 11.3 Å². The van der Waals surface area contributed by atoms with E-state index >= 15 is 0 Å². The summed E-state index contributed by atoms with van der Waals surface area (Å²) < 4.78 is 0. The van der Waals surface area contributed by atoms with Gasteiger partial charge < -0.3 is 10.6 Å². The van der Waals surface area contributed by atoms with Crippen LogP contribution >= 0.6 is 11.3 Å². The molecule has 0 fully saturated rings. The van der Waals surface area contributed by atoms with Gasteiger partial charge in [0.05, 0.1) is 4.88 Å². The Balaban J connectivity index is 1.42. The number of rotatable bonds is 7. The van der Waals surface area contributed by atoms with Crippen LogP contribution in [0.2, 0.25) is 0 Å². The molecular formula is C17H19N5S. The third-order valence-electron chi connectivity index (χ3n) is 3.41. The number of nitrogens with one attached hydrogen (secondary N) is 2. The predicted molar refractivity (Wildman–Crippen MR) is 94.5 cm³/mol. The first-order valence-corrected chi connectivity index (χ1v) is 8.41. The first-order chi connectivity index (χ1) is 11.3. The molecule has 0 aliphatic heterocycles. The lowest BCUT2D eigenvalue weighted by molar-refractivity contribution is 0.702. The van der Waals surface area contributed by atoms with Crippen LogP contribution in [-0.4, -0.2) is 28.0 Å². The van der Waals surface area contributed by atoms with Crippen LogP contribution in [0.25, 0.3) is 10.7 Å². The zero-order valence-electron chi connectivity index (χ0n) is 13.0. The van der Waals surface area contributed by atoms with Crippen molar-refractivity contribution in [2.45, 2.75) is 13.5 Å². The van der Waals surface area contributed by atoms with E-state index in [1.165, 1.54) is 0 Å². The molecule has 2 N–H and O–H groups in total. The summed E-state index contributed by atoms with van der Waals surface area (Å²) in [4.78, 5) is 14.0. The molecule has 118 valence electrons. The van der Waals surface area contributed by atoms with Gasteiger partial charge in [-0.05, 0) is 30.0 Å². The molecule has 0 aromatic carbocycles. The molecule has 0 aliphatic rings. The van der Waals surface area contributed by atoms with Gasteiger partial charge in [-0.2, -0.15) is 0 Å². The molecule has 0 aliphatic carbocycles. The van der Waals surface area contributed by atoms with Crippen LogP contribution in [-0.2, 0) is 6.54 Å². The van der Waals surface area contributed by atoms with Gasteiger partial charge >= 0.3 is 0 Å². The molecule has 0 spiro atoms. The molecule has 6 heteroatoms. The maximum atomic E-state index is 4.42. The standard InChI is InChI=1S/C17H19N5S/c1-13-9-18-5-4-15(13)20-7-6-19-10-14-11-21-17(22-12-14)16-3-2-8-23-16/h2-5,8-9,11-12,19H,6-7,10H2,1H3,(H,18,20). The number of aromatic nitrogens is 3. The number of thiophene rings is 1. The summed E-state index contributed by atoms with van der Waals surface area (Å²) in [5, 5.41) is 8.82. The zero-order chi connectivity index (χ0) is 15.9. The Hall–Kier alpha value is -2.31. The van der Waals surface area contributed by atoms with E-state index in [9.17, 15) is 0 Å². The van der Waals surface area contributed by atoms with Gasteiger partial charge in [0, 0.05) is 55.7 Å². The molecule has 0 bridgehead atoms. The summed E-state index contributed by atoms with van der Waals surface area (Å²) in [7, 11) is 0. The fourth-order valence-corrected chi connectivity index (χ4v) is 2.84. The van der Waals surface area contributed by atoms with E-state index < -0.39 is 0 Å². The molecule has 3 aromatic heterocycles. The van der Waals surface area contributed by atoms with Crippen molar-refractivity contribution in [2.24, 2.45) is 0 Å². The Labute approximate surface area is 139 Å². The zero-order valence-corrected chi connectivity index (χ0v) is 13.8. The van der Waals surface area contributed by atoms with Crippen molar-refractivity contribution >= 4 is 17.0 Å². The van der Waals surface area contributed by atoms with Gasteiger partial charge in [0.1, 0.15) is 0 Å². The highest BCUT2D eigenvalue weighted by molar-refractivity contribution is 7.13. The molecule has 0 saturated heterocycles. The highest BCUT2D eigenvalue weighted by atomic mass is 32.1. The average molecular weight is 325 g/mol. The lowest BCUT2D eigenvalue weighted by Crippen LogP contribution is -2.22. The van der Waals surface area contributed by atoms with Gasteiger partial charge in [-0.25, -0.2) is 9.97 Å². The smallest absolute Gasteiger partial charge is 0.169 e. The van der Waals surface area contributed by atoms with Crippen LogP contribution in [0.1, 0.15) is 11.1 Å². The van der Waals surface area contributed by atoms with Gasteiger partial charge in [-0.3, -0.25) is 4.98 Å². The number of pyridine rings is 1. The van der Waals surface area contributed by atoms with E-state index in [0.717, 1.165) is 47.2 Å². The van der Waals surface area contributed by atoms with Gasteiger partial charge in [-0.1, -0.05) is 6.07 Å². The summed E-state index contributed by atoms with van der Waals surface area (Å²) in [5.74, 6) is 0.790. The van der Waals surface area contributed by atoms with E-state index in [2.05, 4.69) is 32.5 Å². The first-order valence-electron chi connectivity index (χ1n) is 7.53. The van der Waals surface area contributed by atoms with E-state index in [4.69, 9.17) is 0 Å². The monoisotopic (exact) mass is 325 g/mol. The second-order valence-electron chi connectivity index (χ2n) is 5.19. The van der Waals surface area contributed by atoms with Crippen molar-refractivity contribution in [2.75, 3.05) is 18.4 Å². The molecule has 23 heavy (non-hydrogen) atoms. The van der Waals surface area contributed by atoms with Crippen molar-refractivity contribution in [1.29, 1.82) is 0 Å². The highest BCUT2D eigenvalue weighted by Crippen LogP contribution is 2.20. The summed E-state index contributed by atoms with van der Waals surface area (Å²) in [6.45, 7) is 4.55. The number of hydrogen-bond donors (Lipinski definition) is 2. The van der Waals surface area contributed by atoms with Crippen LogP contribution in [0.4, 0.5) is 5.69 Å². The first kappa shape index (κ1) is 15.6. The number of nitrogens with zero attached hydrogens (tertiary/aromatic N) is 3. The summed E-state index contributed by atoms with van der Waals surface area (Å²) in [6, 6.07) is 6.04. The van der Waals surface area contributed by atoms with Crippen LogP contribution in [0.5, 0.6) is 0 Å². The minimum atomic E-state index is 0.766. The Bertz CT molecular complexity index is 725. The van der Waals surface area contributed by atoms with E-state index in [1.807, 2.05) is 42.2 Å². The molecule has 0 unspecified atom stereocenters. The quantitative estimate of drug-likeness (QED) is 0.654. The molecule has 0 radical (unpaired) electrons. The molecular weight excluding hydrogens is 306 g/mol. The molecule has 3 rings (SSSR count). The SMILES string of the molecule is Cc1cnccc1NCCNCc1cnc(-c2cccs2)nc1. The maximum Gasteiger partial charge on any atom is 0.169 e. The lowest BCUT2D eigenvalue weighted by atomic mass is 10.2. The summed E-state index contributed by atoms with van der Waals surface area (Å²) >= 11 is 1.65. The van der Waals surface area contributed by atoms with Crippen LogP contribution in [0, 0.1) is 6.92 Å². The second kappa shape index (κ2) is 7.80. The second-order valence-corrected chi connectivity index (χ2v) is 6.13. The van der Waals surface area contributed by atoms with Crippen molar-refractivity contribution in [3.63, 3.8) is 0 Å².